The number of benzene rings is 1. The molecule has 0 saturated heterocycles. The Morgan fingerprint density at radius 2 is 2.12 bits per heavy atom. The molecular formula is C12H13ClIN3. The molecule has 2 N–H and O–H groups in total. The van der Waals surface area contributed by atoms with E-state index in [1.165, 1.54) is 0 Å². The van der Waals surface area contributed by atoms with E-state index in [2.05, 4.69) is 27.6 Å². The molecule has 0 unspecified atom stereocenters. The number of imidazole rings is 1. The largest absolute Gasteiger partial charge is 0.321 e. The summed E-state index contributed by atoms with van der Waals surface area (Å²) in [5, 5.41) is 0.695. The van der Waals surface area contributed by atoms with E-state index in [0.717, 1.165) is 15.0 Å². The molecule has 0 radical (unpaired) electrons. The van der Waals surface area contributed by atoms with Crippen LogP contribution < -0.4 is 5.73 Å². The summed E-state index contributed by atoms with van der Waals surface area (Å²) in [6, 6.07) is 5.90. The molecule has 5 heteroatoms. The molecule has 0 atom stereocenters. The van der Waals surface area contributed by atoms with Gasteiger partial charge in [-0.05, 0) is 54.6 Å². The van der Waals surface area contributed by atoms with Crippen molar-refractivity contribution in [3.63, 3.8) is 0 Å². The Kier molecular flexibility index (Phi) is 3.47. The lowest BCUT2D eigenvalue weighted by atomic mass is 10.0. The molecule has 1 heterocycles. The van der Waals surface area contributed by atoms with Crippen LogP contribution in [0.25, 0.3) is 5.69 Å². The van der Waals surface area contributed by atoms with Crippen molar-refractivity contribution in [3.05, 3.63) is 45.0 Å². The van der Waals surface area contributed by atoms with Gasteiger partial charge in [0, 0.05) is 3.57 Å². The van der Waals surface area contributed by atoms with Gasteiger partial charge in [0.1, 0.15) is 0 Å². The molecule has 0 spiro atoms. The minimum atomic E-state index is -0.456. The summed E-state index contributed by atoms with van der Waals surface area (Å²) in [4.78, 5) is 4.15. The standard InChI is InChI=1S/C12H13ClIN3/c1-12(2,15)11-6-16-7-17(11)10-4-3-8(14)5-9(10)13/h3-7H,15H2,1-2H3. The zero-order valence-electron chi connectivity index (χ0n) is 9.61. The first-order valence-corrected chi connectivity index (χ1v) is 6.62. The van der Waals surface area contributed by atoms with Crippen LogP contribution in [0.2, 0.25) is 5.02 Å². The molecule has 90 valence electrons. The second-order valence-corrected chi connectivity index (χ2v) is 6.12. The number of aromatic nitrogens is 2. The minimum absolute atomic E-state index is 0.456. The molecule has 0 aliphatic heterocycles. The number of hydrogen-bond donors (Lipinski definition) is 1. The predicted octanol–water partition coefficient (Wildman–Crippen LogP) is 3.32. The van der Waals surface area contributed by atoms with E-state index >= 15 is 0 Å². The zero-order valence-corrected chi connectivity index (χ0v) is 12.5. The Morgan fingerprint density at radius 3 is 2.71 bits per heavy atom. The molecule has 0 saturated carbocycles. The van der Waals surface area contributed by atoms with Gasteiger partial charge in [0.05, 0.1) is 34.5 Å². The molecule has 3 nitrogen and oxygen atoms in total. The van der Waals surface area contributed by atoms with Crippen LogP contribution in [0, 0.1) is 3.57 Å². The van der Waals surface area contributed by atoms with Gasteiger partial charge in [-0.15, -0.1) is 0 Å². The molecule has 17 heavy (non-hydrogen) atoms. The number of halogens is 2. The Labute approximate surface area is 119 Å². The Hall–Kier alpha value is -0.590. The molecule has 0 aliphatic carbocycles. The Balaban J connectivity index is 2.58. The predicted molar refractivity (Wildman–Crippen MR) is 78.5 cm³/mol. The van der Waals surface area contributed by atoms with E-state index < -0.39 is 5.54 Å². The van der Waals surface area contributed by atoms with Crippen LogP contribution in [-0.4, -0.2) is 9.55 Å². The van der Waals surface area contributed by atoms with Gasteiger partial charge in [-0.3, -0.25) is 4.57 Å². The maximum absolute atomic E-state index is 6.25. The lowest BCUT2D eigenvalue weighted by Gasteiger charge is -2.21. The molecular weight excluding hydrogens is 349 g/mol. The first kappa shape index (κ1) is 12.9. The lowest BCUT2D eigenvalue weighted by molar-refractivity contribution is 0.524. The normalized spacial score (nSPS) is 11.8. The van der Waals surface area contributed by atoms with Crippen molar-refractivity contribution in [3.8, 4) is 5.69 Å². The molecule has 0 aliphatic rings. The molecule has 0 bridgehead atoms. The van der Waals surface area contributed by atoms with Crippen molar-refractivity contribution in [2.75, 3.05) is 0 Å². The summed E-state index contributed by atoms with van der Waals surface area (Å²) in [5.41, 5.74) is 7.49. The van der Waals surface area contributed by atoms with Crippen molar-refractivity contribution in [2.24, 2.45) is 5.73 Å². The van der Waals surface area contributed by atoms with Crippen LogP contribution >= 0.6 is 34.2 Å². The average molecular weight is 362 g/mol. The highest BCUT2D eigenvalue weighted by molar-refractivity contribution is 14.1. The van der Waals surface area contributed by atoms with Gasteiger partial charge in [0.25, 0.3) is 0 Å². The topological polar surface area (TPSA) is 43.8 Å². The summed E-state index contributed by atoms with van der Waals surface area (Å²) in [6.45, 7) is 3.89. The quantitative estimate of drug-likeness (QED) is 0.834. The molecule has 1 aromatic carbocycles. The van der Waals surface area contributed by atoms with Crippen LogP contribution in [-0.2, 0) is 5.54 Å². The second kappa shape index (κ2) is 4.59. The van der Waals surface area contributed by atoms with Gasteiger partial charge in [-0.25, -0.2) is 4.98 Å². The van der Waals surface area contributed by atoms with E-state index in [-0.39, 0.29) is 0 Å². The van der Waals surface area contributed by atoms with Crippen LogP contribution in [0.1, 0.15) is 19.5 Å². The van der Waals surface area contributed by atoms with Crippen LogP contribution in [0.3, 0.4) is 0 Å². The molecule has 0 amide bonds. The van der Waals surface area contributed by atoms with Crippen molar-refractivity contribution >= 4 is 34.2 Å². The van der Waals surface area contributed by atoms with Crippen molar-refractivity contribution < 1.29 is 0 Å². The molecule has 2 aromatic rings. The van der Waals surface area contributed by atoms with Crippen LogP contribution in [0.15, 0.2) is 30.7 Å². The number of hydrogen-bond acceptors (Lipinski definition) is 2. The maximum Gasteiger partial charge on any atom is 0.0995 e. The van der Waals surface area contributed by atoms with E-state index in [9.17, 15) is 0 Å². The highest BCUT2D eigenvalue weighted by atomic mass is 127. The minimum Gasteiger partial charge on any atom is -0.321 e. The van der Waals surface area contributed by atoms with Gasteiger partial charge >= 0.3 is 0 Å². The van der Waals surface area contributed by atoms with E-state index in [4.69, 9.17) is 17.3 Å². The maximum atomic E-state index is 6.25. The highest BCUT2D eigenvalue weighted by Crippen LogP contribution is 2.27. The molecule has 2 rings (SSSR count). The van der Waals surface area contributed by atoms with Gasteiger partial charge in [0.2, 0.25) is 0 Å². The van der Waals surface area contributed by atoms with Gasteiger partial charge in [-0.2, -0.15) is 0 Å². The highest BCUT2D eigenvalue weighted by Gasteiger charge is 2.20. The number of rotatable bonds is 2. The fourth-order valence-electron chi connectivity index (χ4n) is 1.64. The zero-order chi connectivity index (χ0) is 12.6. The third-order valence-corrected chi connectivity index (χ3v) is 3.44. The van der Waals surface area contributed by atoms with Crippen molar-refractivity contribution in [2.45, 2.75) is 19.4 Å². The monoisotopic (exact) mass is 361 g/mol. The van der Waals surface area contributed by atoms with Gasteiger partial charge < -0.3 is 5.73 Å². The van der Waals surface area contributed by atoms with Crippen molar-refractivity contribution in [1.82, 2.24) is 9.55 Å². The number of nitrogens with two attached hydrogens (primary N) is 1. The fourth-order valence-corrected chi connectivity index (χ4v) is 2.59. The van der Waals surface area contributed by atoms with E-state index in [1.54, 1.807) is 12.5 Å². The summed E-state index contributed by atoms with van der Waals surface area (Å²) >= 11 is 8.48. The third kappa shape index (κ3) is 2.64. The molecule has 1 aromatic heterocycles. The first-order chi connectivity index (χ1) is 7.89. The third-order valence-electron chi connectivity index (χ3n) is 2.47. The van der Waals surface area contributed by atoms with Crippen LogP contribution in [0.5, 0.6) is 0 Å². The smallest absolute Gasteiger partial charge is 0.0995 e. The van der Waals surface area contributed by atoms with Crippen LogP contribution in [0.4, 0.5) is 0 Å². The summed E-state index contributed by atoms with van der Waals surface area (Å²) in [6.07, 6.45) is 3.51. The SMILES string of the molecule is CC(C)(N)c1cncn1-c1ccc(I)cc1Cl. The van der Waals surface area contributed by atoms with Gasteiger partial charge in [0.15, 0.2) is 0 Å². The first-order valence-electron chi connectivity index (χ1n) is 5.17. The summed E-state index contributed by atoms with van der Waals surface area (Å²) < 4.78 is 3.03. The summed E-state index contributed by atoms with van der Waals surface area (Å²) in [5.74, 6) is 0. The Bertz CT molecular complexity index is 543. The summed E-state index contributed by atoms with van der Waals surface area (Å²) in [7, 11) is 0. The van der Waals surface area contributed by atoms with E-state index in [1.807, 2.05) is 36.6 Å². The fraction of sp³-hybridized carbons (Fsp3) is 0.250. The Morgan fingerprint density at radius 1 is 1.41 bits per heavy atom. The van der Waals surface area contributed by atoms with E-state index in [0.29, 0.717) is 5.02 Å². The lowest BCUT2D eigenvalue weighted by Crippen LogP contribution is -2.31. The van der Waals surface area contributed by atoms with Crippen molar-refractivity contribution in [1.29, 1.82) is 0 Å². The average Bonchev–Trinajstić information content (AvgIpc) is 2.65. The number of nitrogens with zero attached hydrogens (tertiary/aromatic N) is 2. The molecule has 0 fully saturated rings. The second-order valence-electron chi connectivity index (χ2n) is 4.47. The van der Waals surface area contributed by atoms with Gasteiger partial charge in [-0.1, -0.05) is 11.6 Å².